The molecule has 1 aromatic carbocycles. The van der Waals surface area contributed by atoms with Crippen molar-refractivity contribution in [1.82, 2.24) is 0 Å². The second-order valence-corrected chi connectivity index (χ2v) is 7.53. The van der Waals surface area contributed by atoms with Crippen LogP contribution in [0.25, 0.3) is 0 Å². The molecule has 0 aliphatic rings. The Morgan fingerprint density at radius 3 is 1.73 bits per heavy atom. The summed E-state index contributed by atoms with van der Waals surface area (Å²) in [4.78, 5) is 12.0. The zero-order valence-electron chi connectivity index (χ0n) is 17.2. The van der Waals surface area contributed by atoms with E-state index in [1.807, 2.05) is 12.1 Å². The second-order valence-electron chi connectivity index (χ2n) is 7.53. The van der Waals surface area contributed by atoms with Gasteiger partial charge >= 0.3 is 0 Å². The number of hydrogen-bond donors (Lipinski definition) is 0. The van der Waals surface area contributed by atoms with E-state index in [1.165, 1.54) is 76.2 Å². The Hall–Kier alpha value is -1.31. The number of hydrogen-bond acceptors (Lipinski definition) is 2. The summed E-state index contributed by atoms with van der Waals surface area (Å²) in [6, 6.07) is 8.03. The van der Waals surface area contributed by atoms with Crippen molar-refractivity contribution in [1.29, 1.82) is 0 Å². The van der Waals surface area contributed by atoms with E-state index in [4.69, 9.17) is 4.74 Å². The lowest BCUT2D eigenvalue weighted by atomic mass is 10.0. The van der Waals surface area contributed by atoms with Crippen molar-refractivity contribution in [3.63, 3.8) is 0 Å². The normalized spacial score (nSPS) is 10.8. The molecule has 26 heavy (non-hydrogen) atoms. The monoisotopic (exact) mass is 360 g/mol. The molecule has 2 nitrogen and oxygen atoms in total. The zero-order chi connectivity index (χ0) is 18.9. The molecule has 0 aliphatic heterocycles. The van der Waals surface area contributed by atoms with Crippen LogP contribution in [0.1, 0.15) is 102 Å². The molecular formula is C24H40O2. The van der Waals surface area contributed by atoms with E-state index in [0.29, 0.717) is 12.2 Å². The van der Waals surface area contributed by atoms with Gasteiger partial charge in [0.2, 0.25) is 0 Å². The van der Waals surface area contributed by atoms with Gasteiger partial charge in [-0.15, -0.1) is 0 Å². The Morgan fingerprint density at radius 2 is 1.23 bits per heavy atom. The van der Waals surface area contributed by atoms with E-state index >= 15 is 0 Å². The van der Waals surface area contributed by atoms with Crippen LogP contribution in [0.15, 0.2) is 24.3 Å². The van der Waals surface area contributed by atoms with E-state index in [2.05, 4.69) is 19.1 Å². The van der Waals surface area contributed by atoms with Gasteiger partial charge in [0.1, 0.15) is 11.5 Å². The first-order valence-electron chi connectivity index (χ1n) is 10.9. The standard InChI is InChI=1S/C24H40O2/c1-3-4-5-6-7-8-9-10-11-12-13-14-15-23(25)19-16-22-17-20-24(26-2)21-18-22/h17-18,20-21H,3-16,19H2,1-2H3. The predicted octanol–water partition coefficient (Wildman–Crippen LogP) is 7.29. The average Bonchev–Trinajstić information content (AvgIpc) is 2.67. The highest BCUT2D eigenvalue weighted by molar-refractivity contribution is 5.78. The predicted molar refractivity (Wildman–Crippen MR) is 112 cm³/mol. The summed E-state index contributed by atoms with van der Waals surface area (Å²) in [5.74, 6) is 1.28. The maximum absolute atomic E-state index is 12.0. The number of Topliss-reactive ketones (excluding diaryl/α,β-unsaturated/α-hetero) is 1. The molecule has 0 fully saturated rings. The molecule has 0 unspecified atom stereocenters. The van der Waals surface area contributed by atoms with E-state index in [0.717, 1.165) is 25.0 Å². The van der Waals surface area contributed by atoms with Crippen LogP contribution >= 0.6 is 0 Å². The molecule has 0 bridgehead atoms. The molecule has 0 atom stereocenters. The van der Waals surface area contributed by atoms with Crippen molar-refractivity contribution in [2.24, 2.45) is 0 Å². The summed E-state index contributed by atoms with van der Waals surface area (Å²) in [6.07, 6.45) is 18.4. The number of unbranched alkanes of at least 4 members (excludes halogenated alkanes) is 11. The number of ketones is 1. The molecule has 0 aliphatic carbocycles. The highest BCUT2D eigenvalue weighted by atomic mass is 16.5. The molecule has 0 saturated heterocycles. The van der Waals surface area contributed by atoms with Crippen LogP contribution in [0.4, 0.5) is 0 Å². The van der Waals surface area contributed by atoms with Crippen LogP contribution in [0.5, 0.6) is 5.75 Å². The topological polar surface area (TPSA) is 26.3 Å². The number of carbonyl (C=O) groups is 1. The fourth-order valence-electron chi connectivity index (χ4n) is 3.36. The summed E-state index contributed by atoms with van der Waals surface area (Å²) in [7, 11) is 1.67. The molecule has 0 amide bonds. The van der Waals surface area contributed by atoms with Gasteiger partial charge in [0, 0.05) is 12.8 Å². The molecule has 1 rings (SSSR count). The third-order valence-electron chi connectivity index (χ3n) is 5.16. The van der Waals surface area contributed by atoms with Gasteiger partial charge in [0.25, 0.3) is 0 Å². The van der Waals surface area contributed by atoms with Crippen molar-refractivity contribution < 1.29 is 9.53 Å². The highest BCUT2D eigenvalue weighted by Gasteiger charge is 2.03. The number of carbonyl (C=O) groups excluding carboxylic acids is 1. The molecule has 0 saturated carbocycles. The SMILES string of the molecule is CCCCCCCCCCCCCCC(=O)CCc1ccc(OC)cc1. The molecule has 0 aromatic heterocycles. The Labute approximate surface area is 161 Å². The van der Waals surface area contributed by atoms with E-state index in [-0.39, 0.29) is 0 Å². The maximum atomic E-state index is 12.0. The smallest absolute Gasteiger partial charge is 0.133 e. The number of aryl methyl sites for hydroxylation is 1. The van der Waals surface area contributed by atoms with Gasteiger partial charge in [-0.05, 0) is 30.5 Å². The van der Waals surface area contributed by atoms with Gasteiger partial charge in [-0.1, -0.05) is 89.7 Å². The number of rotatable bonds is 17. The third kappa shape index (κ3) is 12.1. The quantitative estimate of drug-likeness (QED) is 0.273. The minimum atomic E-state index is 0.410. The Morgan fingerprint density at radius 1 is 0.731 bits per heavy atom. The average molecular weight is 361 g/mol. The fourth-order valence-corrected chi connectivity index (χ4v) is 3.36. The van der Waals surface area contributed by atoms with Crippen LogP contribution in [-0.2, 0) is 11.2 Å². The highest BCUT2D eigenvalue weighted by Crippen LogP contribution is 2.15. The minimum Gasteiger partial charge on any atom is -0.497 e. The molecular weight excluding hydrogens is 320 g/mol. The van der Waals surface area contributed by atoms with Crippen LogP contribution in [0, 0.1) is 0 Å². The Balaban J connectivity index is 1.89. The molecule has 0 N–H and O–H groups in total. The van der Waals surface area contributed by atoms with Crippen molar-refractivity contribution in [2.45, 2.75) is 103 Å². The second kappa shape index (κ2) is 15.9. The Bertz CT molecular complexity index is 450. The summed E-state index contributed by atoms with van der Waals surface area (Å²) in [5, 5.41) is 0. The molecule has 0 radical (unpaired) electrons. The van der Waals surface area contributed by atoms with Gasteiger partial charge in [0.15, 0.2) is 0 Å². The first-order chi connectivity index (χ1) is 12.8. The van der Waals surface area contributed by atoms with Crippen LogP contribution in [-0.4, -0.2) is 12.9 Å². The zero-order valence-corrected chi connectivity index (χ0v) is 17.2. The van der Waals surface area contributed by atoms with E-state index < -0.39 is 0 Å². The van der Waals surface area contributed by atoms with Gasteiger partial charge < -0.3 is 4.74 Å². The molecule has 1 aromatic rings. The largest absolute Gasteiger partial charge is 0.497 e. The number of ether oxygens (including phenoxy) is 1. The molecule has 148 valence electrons. The van der Waals surface area contributed by atoms with Gasteiger partial charge in [0.05, 0.1) is 7.11 Å². The van der Waals surface area contributed by atoms with Crippen LogP contribution in [0.3, 0.4) is 0 Å². The Kier molecular flexibility index (Phi) is 13.9. The van der Waals surface area contributed by atoms with Crippen LogP contribution in [0.2, 0.25) is 0 Å². The molecule has 0 heterocycles. The maximum Gasteiger partial charge on any atom is 0.133 e. The number of benzene rings is 1. The van der Waals surface area contributed by atoms with Gasteiger partial charge in [-0.3, -0.25) is 4.79 Å². The first-order valence-corrected chi connectivity index (χ1v) is 10.9. The molecule has 2 heteroatoms. The van der Waals surface area contributed by atoms with Crippen molar-refractivity contribution in [3.05, 3.63) is 29.8 Å². The van der Waals surface area contributed by atoms with Crippen molar-refractivity contribution in [3.8, 4) is 5.75 Å². The van der Waals surface area contributed by atoms with Gasteiger partial charge in [-0.25, -0.2) is 0 Å². The molecule has 0 spiro atoms. The minimum absolute atomic E-state index is 0.410. The van der Waals surface area contributed by atoms with Crippen LogP contribution < -0.4 is 4.74 Å². The summed E-state index contributed by atoms with van der Waals surface area (Å²) >= 11 is 0. The summed E-state index contributed by atoms with van der Waals surface area (Å²) < 4.78 is 5.15. The van der Waals surface area contributed by atoms with E-state index in [1.54, 1.807) is 7.11 Å². The summed E-state index contributed by atoms with van der Waals surface area (Å²) in [5.41, 5.74) is 1.22. The van der Waals surface area contributed by atoms with E-state index in [9.17, 15) is 4.79 Å². The third-order valence-corrected chi connectivity index (χ3v) is 5.16. The first kappa shape index (κ1) is 22.7. The fraction of sp³-hybridized carbons (Fsp3) is 0.708. The summed E-state index contributed by atoms with van der Waals surface area (Å²) in [6.45, 7) is 2.27. The van der Waals surface area contributed by atoms with Crippen molar-refractivity contribution >= 4 is 5.78 Å². The lowest BCUT2D eigenvalue weighted by molar-refractivity contribution is -0.119. The lowest BCUT2D eigenvalue weighted by Gasteiger charge is -2.04. The van der Waals surface area contributed by atoms with Gasteiger partial charge in [-0.2, -0.15) is 0 Å². The van der Waals surface area contributed by atoms with Crippen molar-refractivity contribution in [2.75, 3.05) is 7.11 Å². The lowest BCUT2D eigenvalue weighted by Crippen LogP contribution is -2.00. The number of methoxy groups -OCH3 is 1.